The van der Waals surface area contributed by atoms with Gasteiger partial charge in [0, 0.05) is 69.0 Å². The fourth-order valence-electron chi connectivity index (χ4n) is 13.5. The van der Waals surface area contributed by atoms with Crippen molar-refractivity contribution in [3.05, 3.63) is 238 Å². The molecule has 0 saturated carbocycles. The number of nitrogens with one attached hydrogen (secondary N) is 2. The first kappa shape index (κ1) is 71.2. The number of epoxide rings is 2. The number of ether oxygens (including phenoxy) is 8. The first-order valence-corrected chi connectivity index (χ1v) is 34.4. The van der Waals surface area contributed by atoms with Crippen LogP contribution in [0.2, 0.25) is 0 Å². The largest absolute Gasteiger partial charge is 0.464 e. The zero-order valence-electron chi connectivity index (χ0n) is 57.4. The summed E-state index contributed by atoms with van der Waals surface area (Å²) in [5.41, 5.74) is -1.00. The van der Waals surface area contributed by atoms with Gasteiger partial charge in [-0.05, 0) is 122 Å². The lowest BCUT2D eigenvalue weighted by atomic mass is 9.80. The molecule has 4 heterocycles. The Morgan fingerprint density at radius 1 is 0.417 bits per heavy atom. The van der Waals surface area contributed by atoms with Gasteiger partial charge in [0.15, 0.2) is 0 Å². The molecule has 4 atom stereocenters. The van der Waals surface area contributed by atoms with E-state index < -0.39 is 108 Å². The number of amides is 6. The number of nitrogens with zero attached hydrogens (tertiary/aromatic N) is 2. The van der Waals surface area contributed by atoms with Crippen molar-refractivity contribution < 1.29 is 103 Å². The van der Waals surface area contributed by atoms with Gasteiger partial charge in [0.25, 0.3) is 23.6 Å². The maximum atomic E-state index is 16.3. The summed E-state index contributed by atoms with van der Waals surface area (Å²) in [6, 6.07) is 38.5. The van der Waals surface area contributed by atoms with Gasteiger partial charge >= 0.3 is 24.3 Å². The average Bonchev–Trinajstić information content (AvgIpc) is 0.941. The van der Waals surface area contributed by atoms with Gasteiger partial charge in [-0.25, -0.2) is 9.59 Å². The van der Waals surface area contributed by atoms with Crippen LogP contribution in [0.25, 0.3) is 43.1 Å². The lowest BCUT2D eigenvalue weighted by Gasteiger charge is -2.35. The SMILES string of the molecule is Cc1ccc(Oc2cc3c4c(cc(Oc5ccc(C(F)(F)F)cc5)c5c6c(Oc7ccc(C(F)(F)F)cc7)cc7c8c(cc(Oc9ccc(C)cc9)c(c2c45)c86)C(=O)N(C(Cc2ccccc2)C(=O)OCCC(=O)NCC2CO2)C7=O)C(=O)N(C(Cc2ccccc2)C(=O)OCCC(=O)NCC2CO2)C3=O)cc1. The Morgan fingerprint density at radius 2 is 0.704 bits per heavy atom. The molecule has 0 radical (unpaired) electrons. The average molecular weight is 1470 g/mol. The summed E-state index contributed by atoms with van der Waals surface area (Å²) in [5.74, 6) is -9.10. The van der Waals surface area contributed by atoms with Gasteiger partial charge in [0.1, 0.15) is 71.3 Å². The van der Waals surface area contributed by atoms with Crippen LogP contribution in [0.4, 0.5) is 26.3 Å². The normalized spacial score (nSPS) is 15.9. The standard InChI is InChI=1S/C82H62F6N4O16/c1-43-13-21-49(22-14-43)105-61-35-55-67-57(77(97)91(75(55)95)59(33-45-9-5-3-6-10-45)79(99)101-31-29-65(93)89-39-53-41-103-53)37-63(107-51-25-17-47(18-26-51)81(83,84)85)71-72-64(108-52-27-19-48(20-28-52)82(86,87)88)38-58-68-56(36-62(70(74(68)72)69(61)73(67)71)106-50-23-15-44(2)16-24-50)76(96)92(78(58)98)60(34-46-11-7-4-8-12-46)80(100)102-32-30-66(94)90-40-54-42-104-54/h3-28,35-38,53-54,59-60H,29-34,39-42H2,1-2H3,(H,89,93)(H,90,94). The van der Waals surface area contributed by atoms with Crippen molar-refractivity contribution >= 4 is 90.5 Å². The minimum Gasteiger partial charge on any atom is -0.464 e. The number of hydrogen-bond donors (Lipinski definition) is 2. The first-order valence-electron chi connectivity index (χ1n) is 34.4. The van der Waals surface area contributed by atoms with E-state index in [1.165, 1.54) is 24.3 Å². The third-order valence-corrected chi connectivity index (χ3v) is 19.0. The third-order valence-electron chi connectivity index (χ3n) is 19.0. The minimum atomic E-state index is -4.85. The molecule has 548 valence electrons. The number of carbonyl (C=O) groups is 8. The molecule has 0 aromatic heterocycles. The highest BCUT2D eigenvalue weighted by Gasteiger charge is 2.48. The Bertz CT molecular complexity index is 5090. The number of halogens is 6. The van der Waals surface area contributed by atoms with E-state index in [2.05, 4.69) is 10.6 Å². The van der Waals surface area contributed by atoms with Crippen molar-refractivity contribution in [2.75, 3.05) is 39.5 Å². The Kier molecular flexibility index (Phi) is 19.0. The van der Waals surface area contributed by atoms with E-state index in [-0.39, 0.29) is 151 Å². The topological polar surface area (TPSA) is 248 Å². The first-order chi connectivity index (χ1) is 51.9. The Hall–Kier alpha value is -12.4. The molecule has 108 heavy (non-hydrogen) atoms. The van der Waals surface area contributed by atoms with Crippen LogP contribution in [0, 0.1) is 13.8 Å². The summed E-state index contributed by atoms with van der Waals surface area (Å²) in [6.45, 7) is 3.98. The van der Waals surface area contributed by atoms with Crippen LogP contribution < -0.4 is 29.6 Å². The van der Waals surface area contributed by atoms with Gasteiger partial charge in [-0.15, -0.1) is 0 Å². The van der Waals surface area contributed by atoms with Crippen molar-refractivity contribution in [3.63, 3.8) is 0 Å². The predicted octanol–water partition coefficient (Wildman–Crippen LogP) is 14.9. The second-order valence-electron chi connectivity index (χ2n) is 26.5. The van der Waals surface area contributed by atoms with Gasteiger partial charge in [-0.2, -0.15) is 26.3 Å². The van der Waals surface area contributed by atoms with E-state index >= 15 is 19.2 Å². The number of imide groups is 2. The van der Waals surface area contributed by atoms with E-state index in [1.54, 1.807) is 109 Å². The molecule has 11 aromatic carbocycles. The van der Waals surface area contributed by atoms with Crippen molar-refractivity contribution in [1.82, 2.24) is 20.4 Å². The molecular formula is C82H62F6N4O16. The molecular weight excluding hydrogens is 1410 g/mol. The van der Waals surface area contributed by atoms with Crippen LogP contribution in [-0.2, 0) is 63.3 Å². The molecule has 26 heteroatoms. The van der Waals surface area contributed by atoms with E-state index in [0.29, 0.717) is 34.1 Å². The molecule has 2 fully saturated rings. The van der Waals surface area contributed by atoms with Gasteiger partial charge in [-0.1, -0.05) is 96.1 Å². The zero-order valence-corrected chi connectivity index (χ0v) is 57.4. The lowest BCUT2D eigenvalue weighted by molar-refractivity contribution is -0.150. The summed E-state index contributed by atoms with van der Waals surface area (Å²) >= 11 is 0. The maximum absolute atomic E-state index is 16.3. The van der Waals surface area contributed by atoms with Crippen molar-refractivity contribution in [3.8, 4) is 46.0 Å². The van der Waals surface area contributed by atoms with Gasteiger partial charge in [0.2, 0.25) is 11.8 Å². The molecule has 4 aliphatic heterocycles. The van der Waals surface area contributed by atoms with Crippen LogP contribution in [0.3, 0.4) is 0 Å². The number of aryl methyl sites for hydroxylation is 2. The van der Waals surface area contributed by atoms with E-state index in [1.807, 2.05) is 13.8 Å². The molecule has 4 unspecified atom stereocenters. The second kappa shape index (κ2) is 28.8. The number of alkyl halides is 6. The Morgan fingerprint density at radius 3 is 0.981 bits per heavy atom. The number of benzene rings is 11. The van der Waals surface area contributed by atoms with Gasteiger partial charge in [-0.3, -0.25) is 38.6 Å². The lowest BCUT2D eigenvalue weighted by Crippen LogP contribution is -2.52. The van der Waals surface area contributed by atoms with Crippen molar-refractivity contribution in [1.29, 1.82) is 0 Å². The molecule has 2 saturated heterocycles. The molecule has 15 rings (SSSR count). The predicted molar refractivity (Wildman–Crippen MR) is 379 cm³/mol. The third kappa shape index (κ3) is 14.5. The molecule has 6 amide bonds. The van der Waals surface area contributed by atoms with Crippen LogP contribution in [-0.4, -0.2) is 121 Å². The van der Waals surface area contributed by atoms with E-state index in [4.69, 9.17) is 37.9 Å². The van der Waals surface area contributed by atoms with Crippen LogP contribution in [0.5, 0.6) is 46.0 Å². The Balaban J connectivity index is 1.02. The molecule has 0 bridgehead atoms. The Labute approximate surface area is 610 Å². The second-order valence-corrected chi connectivity index (χ2v) is 26.5. The molecule has 20 nitrogen and oxygen atoms in total. The summed E-state index contributed by atoms with van der Waals surface area (Å²) in [7, 11) is 0. The highest BCUT2D eigenvalue weighted by atomic mass is 19.4. The zero-order chi connectivity index (χ0) is 75.4. The summed E-state index contributed by atoms with van der Waals surface area (Å²) in [6.07, 6.45) is -11.4. The smallest absolute Gasteiger partial charge is 0.416 e. The number of carbonyl (C=O) groups excluding carboxylic acids is 8. The highest BCUT2D eigenvalue weighted by Crippen LogP contribution is 2.58. The number of fused-ring (bicyclic) bond motifs is 2. The molecule has 0 aliphatic carbocycles. The number of esters is 2. The molecule has 11 aromatic rings. The van der Waals surface area contributed by atoms with E-state index in [9.17, 15) is 45.5 Å². The fraction of sp³-hybridized carbons (Fsp3) is 0.220. The van der Waals surface area contributed by atoms with Crippen LogP contribution in [0.15, 0.2) is 182 Å². The summed E-state index contributed by atoms with van der Waals surface area (Å²) in [4.78, 5) is 122. The quantitative estimate of drug-likeness (QED) is 0.0128. The highest BCUT2D eigenvalue weighted by molar-refractivity contribution is 6.45. The molecule has 4 aliphatic rings. The monoisotopic (exact) mass is 1470 g/mol. The molecule has 0 spiro atoms. The van der Waals surface area contributed by atoms with Crippen molar-refractivity contribution in [2.24, 2.45) is 0 Å². The number of rotatable bonds is 26. The van der Waals surface area contributed by atoms with Crippen LogP contribution >= 0.6 is 0 Å². The minimum absolute atomic E-state index is 0.0374. The summed E-state index contributed by atoms with van der Waals surface area (Å²) < 4.78 is 137. The number of hydrogen-bond acceptors (Lipinski definition) is 16. The fourth-order valence-corrected chi connectivity index (χ4v) is 13.5. The van der Waals surface area contributed by atoms with Gasteiger partial charge in [0.05, 0.1) is 71.6 Å². The van der Waals surface area contributed by atoms with Crippen LogP contribution in [0.1, 0.15) is 87.7 Å². The van der Waals surface area contributed by atoms with Gasteiger partial charge < -0.3 is 48.5 Å². The van der Waals surface area contributed by atoms with Crippen molar-refractivity contribution in [2.45, 2.75) is 76.2 Å². The molecule has 2 N–H and O–H groups in total. The maximum Gasteiger partial charge on any atom is 0.416 e. The summed E-state index contributed by atoms with van der Waals surface area (Å²) in [5, 5.41) is 4.49. The van der Waals surface area contributed by atoms with E-state index in [0.717, 1.165) is 59.7 Å².